The molecule has 0 fully saturated rings. The molecule has 0 aliphatic heterocycles. The lowest BCUT2D eigenvalue weighted by Gasteiger charge is -2.20. The van der Waals surface area contributed by atoms with E-state index >= 15 is 0 Å². The van der Waals surface area contributed by atoms with Gasteiger partial charge in [-0.2, -0.15) is 10.1 Å². The minimum Gasteiger partial charge on any atom is -0.336 e. The van der Waals surface area contributed by atoms with Gasteiger partial charge in [0.1, 0.15) is 5.54 Å². The Balaban J connectivity index is 1.97. The lowest BCUT2D eigenvalue weighted by molar-refractivity contribution is 0.261. The van der Waals surface area contributed by atoms with E-state index in [9.17, 15) is 0 Å². The van der Waals surface area contributed by atoms with Gasteiger partial charge in [-0.3, -0.25) is 4.68 Å². The van der Waals surface area contributed by atoms with Gasteiger partial charge < -0.3 is 4.52 Å². The van der Waals surface area contributed by atoms with Crippen LogP contribution in [-0.2, 0) is 5.54 Å². The summed E-state index contributed by atoms with van der Waals surface area (Å²) in [5, 5.41) is 8.80. The van der Waals surface area contributed by atoms with Crippen molar-refractivity contribution in [1.29, 1.82) is 0 Å². The number of hydrogen-bond acceptors (Lipinski definition) is 4. The zero-order valence-electron chi connectivity index (χ0n) is 11.1. The monoisotopic (exact) mass is 288 g/mol. The molecule has 2 aromatic heterocycles. The van der Waals surface area contributed by atoms with Crippen LogP contribution in [0.15, 0.2) is 47.2 Å². The van der Waals surface area contributed by atoms with Crippen LogP contribution in [0.1, 0.15) is 19.7 Å². The van der Waals surface area contributed by atoms with Gasteiger partial charge in [0.2, 0.25) is 5.82 Å². The number of benzene rings is 1. The molecule has 2 heterocycles. The van der Waals surface area contributed by atoms with Crippen molar-refractivity contribution in [3.63, 3.8) is 0 Å². The maximum atomic E-state index is 5.91. The van der Waals surface area contributed by atoms with Crippen molar-refractivity contribution in [2.24, 2.45) is 0 Å². The second-order valence-corrected chi connectivity index (χ2v) is 5.39. The van der Waals surface area contributed by atoms with Gasteiger partial charge in [-0.25, -0.2) is 0 Å². The molecule has 3 rings (SSSR count). The molecule has 102 valence electrons. The molecule has 0 bridgehead atoms. The van der Waals surface area contributed by atoms with Crippen LogP contribution in [0, 0.1) is 0 Å². The first-order valence-corrected chi connectivity index (χ1v) is 6.55. The fraction of sp³-hybridized carbons (Fsp3) is 0.214. The van der Waals surface area contributed by atoms with Gasteiger partial charge in [0.25, 0.3) is 5.89 Å². The summed E-state index contributed by atoms with van der Waals surface area (Å²) in [5.74, 6) is 1.04. The molecular formula is C14H13ClN4O. The second-order valence-electron chi connectivity index (χ2n) is 4.95. The van der Waals surface area contributed by atoms with E-state index in [0.29, 0.717) is 16.7 Å². The third kappa shape index (κ3) is 2.20. The Hall–Kier alpha value is -2.14. The topological polar surface area (TPSA) is 56.7 Å². The normalized spacial score (nSPS) is 11.8. The lowest BCUT2D eigenvalue weighted by atomic mass is 10.1. The van der Waals surface area contributed by atoms with Crippen LogP contribution >= 0.6 is 11.6 Å². The van der Waals surface area contributed by atoms with Crippen LogP contribution in [-0.4, -0.2) is 19.9 Å². The largest absolute Gasteiger partial charge is 0.336 e. The van der Waals surface area contributed by atoms with Crippen LogP contribution in [0.4, 0.5) is 0 Å². The predicted octanol–water partition coefficient (Wildman–Crippen LogP) is 3.37. The van der Waals surface area contributed by atoms with Crippen LogP contribution in [0.5, 0.6) is 0 Å². The van der Waals surface area contributed by atoms with Gasteiger partial charge in [0.05, 0.1) is 11.2 Å². The molecule has 20 heavy (non-hydrogen) atoms. The minimum atomic E-state index is -0.562. The van der Waals surface area contributed by atoms with Crippen LogP contribution in [0.25, 0.3) is 11.4 Å². The smallest absolute Gasteiger partial charge is 0.254 e. The minimum absolute atomic E-state index is 0.483. The molecule has 0 N–H and O–H groups in total. The summed E-state index contributed by atoms with van der Waals surface area (Å²) in [6.07, 6.45) is 3.31. The third-order valence-corrected chi connectivity index (χ3v) is 3.30. The highest BCUT2D eigenvalue weighted by molar-refractivity contribution is 6.30. The molecule has 0 atom stereocenters. The van der Waals surface area contributed by atoms with E-state index in [1.54, 1.807) is 17.1 Å². The number of nitrogens with zero attached hydrogens (tertiary/aromatic N) is 4. The SMILES string of the molecule is CC(C)(c1nc(-c2ccccc2)no1)n1cc(Cl)cn1. The second kappa shape index (κ2) is 4.76. The molecule has 0 saturated carbocycles. The Morgan fingerprint density at radius 3 is 2.60 bits per heavy atom. The summed E-state index contributed by atoms with van der Waals surface area (Å²) in [6, 6.07) is 9.69. The molecule has 0 amide bonds. The summed E-state index contributed by atoms with van der Waals surface area (Å²) in [4.78, 5) is 4.46. The number of rotatable bonds is 3. The zero-order chi connectivity index (χ0) is 14.2. The average molecular weight is 289 g/mol. The summed E-state index contributed by atoms with van der Waals surface area (Å²) >= 11 is 5.91. The summed E-state index contributed by atoms with van der Waals surface area (Å²) in [6.45, 7) is 3.89. The first-order valence-electron chi connectivity index (χ1n) is 6.17. The highest BCUT2D eigenvalue weighted by Crippen LogP contribution is 2.26. The first-order chi connectivity index (χ1) is 9.57. The Labute approximate surface area is 121 Å². The van der Waals surface area contributed by atoms with Gasteiger partial charge in [-0.1, -0.05) is 47.1 Å². The lowest BCUT2D eigenvalue weighted by Crippen LogP contribution is -2.28. The van der Waals surface area contributed by atoms with Gasteiger partial charge in [0.15, 0.2) is 0 Å². The molecule has 1 aromatic carbocycles. The van der Waals surface area contributed by atoms with E-state index in [0.717, 1.165) is 5.56 Å². The van der Waals surface area contributed by atoms with Gasteiger partial charge in [-0.05, 0) is 13.8 Å². The van der Waals surface area contributed by atoms with Crippen molar-refractivity contribution < 1.29 is 4.52 Å². The van der Waals surface area contributed by atoms with Crippen LogP contribution < -0.4 is 0 Å². The summed E-state index contributed by atoms with van der Waals surface area (Å²) in [5.41, 5.74) is 0.351. The van der Waals surface area contributed by atoms with E-state index in [1.165, 1.54) is 0 Å². The average Bonchev–Trinajstić information content (AvgIpc) is 3.09. The molecule has 0 radical (unpaired) electrons. The van der Waals surface area contributed by atoms with Gasteiger partial charge in [0, 0.05) is 11.8 Å². The zero-order valence-corrected chi connectivity index (χ0v) is 11.9. The number of halogens is 1. The van der Waals surface area contributed by atoms with Crippen molar-refractivity contribution in [2.75, 3.05) is 0 Å². The molecule has 0 unspecified atom stereocenters. The standard InChI is InChI=1S/C14H13ClN4O/c1-14(2,19-9-11(15)8-16-19)13-17-12(18-20-13)10-6-4-3-5-7-10/h3-9H,1-2H3. The molecule has 5 nitrogen and oxygen atoms in total. The van der Waals surface area contributed by atoms with Crippen molar-refractivity contribution in [3.8, 4) is 11.4 Å². The maximum absolute atomic E-state index is 5.91. The van der Waals surface area contributed by atoms with Crippen molar-refractivity contribution >= 4 is 11.6 Å². The van der Waals surface area contributed by atoms with Gasteiger partial charge >= 0.3 is 0 Å². The van der Waals surface area contributed by atoms with Crippen LogP contribution in [0.2, 0.25) is 5.02 Å². The Kier molecular flexibility index (Phi) is 3.06. The van der Waals surface area contributed by atoms with Crippen LogP contribution in [0.3, 0.4) is 0 Å². The number of hydrogen-bond donors (Lipinski definition) is 0. The highest BCUT2D eigenvalue weighted by Gasteiger charge is 2.30. The molecule has 6 heteroatoms. The highest BCUT2D eigenvalue weighted by atomic mass is 35.5. The quantitative estimate of drug-likeness (QED) is 0.741. The first kappa shape index (κ1) is 12.9. The van der Waals surface area contributed by atoms with E-state index in [4.69, 9.17) is 16.1 Å². The Morgan fingerprint density at radius 2 is 1.95 bits per heavy atom. The summed E-state index contributed by atoms with van der Waals surface area (Å²) < 4.78 is 7.09. The van der Waals surface area contributed by atoms with E-state index in [-0.39, 0.29) is 0 Å². The van der Waals surface area contributed by atoms with Crippen molar-refractivity contribution in [1.82, 2.24) is 19.9 Å². The fourth-order valence-corrected chi connectivity index (χ4v) is 2.02. The summed E-state index contributed by atoms with van der Waals surface area (Å²) in [7, 11) is 0. The molecule has 0 saturated heterocycles. The van der Waals surface area contributed by atoms with Gasteiger partial charge in [-0.15, -0.1) is 0 Å². The predicted molar refractivity (Wildman–Crippen MR) is 75.4 cm³/mol. The molecule has 3 aromatic rings. The third-order valence-electron chi connectivity index (χ3n) is 3.11. The van der Waals surface area contributed by atoms with E-state index in [2.05, 4.69) is 15.2 Å². The Bertz CT molecular complexity index is 718. The fourth-order valence-electron chi connectivity index (χ4n) is 1.88. The van der Waals surface area contributed by atoms with E-state index < -0.39 is 5.54 Å². The van der Waals surface area contributed by atoms with Crippen molar-refractivity contribution in [3.05, 3.63) is 53.6 Å². The van der Waals surface area contributed by atoms with E-state index in [1.807, 2.05) is 44.2 Å². The Morgan fingerprint density at radius 1 is 1.20 bits per heavy atom. The number of aromatic nitrogens is 4. The molecular weight excluding hydrogens is 276 g/mol. The maximum Gasteiger partial charge on any atom is 0.254 e. The molecule has 0 spiro atoms. The molecule has 0 aliphatic rings. The molecule has 0 aliphatic carbocycles. The van der Waals surface area contributed by atoms with Crippen molar-refractivity contribution in [2.45, 2.75) is 19.4 Å².